The highest BCUT2D eigenvalue weighted by atomic mass is 32.1. The normalized spacial score (nSPS) is 10.4. The summed E-state index contributed by atoms with van der Waals surface area (Å²) in [5.41, 5.74) is 1.40. The van der Waals surface area contributed by atoms with Crippen LogP contribution < -0.4 is 9.64 Å². The van der Waals surface area contributed by atoms with Crippen molar-refractivity contribution in [2.45, 2.75) is 0 Å². The second kappa shape index (κ2) is 7.18. The van der Waals surface area contributed by atoms with E-state index < -0.39 is 0 Å². The Morgan fingerprint density at radius 1 is 1.17 bits per heavy atom. The lowest BCUT2D eigenvalue weighted by molar-refractivity contribution is -0.120. The van der Waals surface area contributed by atoms with Crippen molar-refractivity contribution in [1.82, 2.24) is 10.2 Å². The predicted molar refractivity (Wildman–Crippen MR) is 90.7 cm³/mol. The number of carbonyl (C=O) groups excluding carboxylic acids is 1. The molecule has 3 rings (SSSR count). The molecular weight excluding hydrogens is 329 g/mol. The van der Waals surface area contributed by atoms with Crippen LogP contribution in [0, 0.1) is 5.82 Å². The largest absolute Gasteiger partial charge is 0.459 e. The van der Waals surface area contributed by atoms with E-state index in [1.54, 1.807) is 19.2 Å². The lowest BCUT2D eigenvalue weighted by Gasteiger charge is -2.16. The van der Waals surface area contributed by atoms with Gasteiger partial charge in [-0.05, 0) is 24.3 Å². The Hall–Kier alpha value is -2.80. The number of benzene rings is 2. The van der Waals surface area contributed by atoms with Gasteiger partial charge in [0.05, 0.1) is 0 Å². The number of ether oxygens (including phenoxy) is 1. The van der Waals surface area contributed by atoms with Crippen LogP contribution in [0.3, 0.4) is 0 Å². The van der Waals surface area contributed by atoms with Crippen LogP contribution in [0.5, 0.6) is 5.19 Å². The summed E-state index contributed by atoms with van der Waals surface area (Å²) >= 11 is 1.16. The lowest BCUT2D eigenvalue weighted by atomic mass is 10.2. The molecule has 0 radical (unpaired) electrons. The van der Waals surface area contributed by atoms with Crippen molar-refractivity contribution < 1.29 is 13.9 Å². The van der Waals surface area contributed by atoms with Gasteiger partial charge in [0.25, 0.3) is 11.1 Å². The van der Waals surface area contributed by atoms with Gasteiger partial charge < -0.3 is 9.64 Å². The molecule has 0 spiro atoms. The van der Waals surface area contributed by atoms with Crippen molar-refractivity contribution in [3.8, 4) is 15.8 Å². The Labute approximate surface area is 142 Å². The number of likely N-dealkylation sites (N-methyl/N-ethyl adjacent to an activating group) is 1. The molecule has 0 atom stereocenters. The Morgan fingerprint density at radius 2 is 1.96 bits per heavy atom. The van der Waals surface area contributed by atoms with Crippen molar-refractivity contribution in [2.75, 3.05) is 18.6 Å². The quantitative estimate of drug-likeness (QED) is 0.713. The molecule has 0 bridgehead atoms. The average molecular weight is 343 g/mol. The second-order valence-corrected chi connectivity index (χ2v) is 5.90. The molecule has 2 aromatic carbocycles. The molecule has 1 aromatic heterocycles. The third-order valence-electron chi connectivity index (χ3n) is 3.31. The number of hydrogen-bond acceptors (Lipinski definition) is 5. The maximum absolute atomic E-state index is 13.2. The highest BCUT2D eigenvalue weighted by molar-refractivity contribution is 7.16. The minimum atomic E-state index is -0.343. The summed E-state index contributed by atoms with van der Waals surface area (Å²) in [5.74, 6) is -0.548. The van der Waals surface area contributed by atoms with Gasteiger partial charge in [0.15, 0.2) is 11.6 Å². The van der Waals surface area contributed by atoms with E-state index in [0.29, 0.717) is 10.6 Å². The van der Waals surface area contributed by atoms with E-state index in [2.05, 4.69) is 10.2 Å². The van der Waals surface area contributed by atoms with Gasteiger partial charge in [0, 0.05) is 18.3 Å². The van der Waals surface area contributed by atoms with E-state index in [0.717, 1.165) is 17.0 Å². The molecule has 0 aliphatic rings. The number of rotatable bonds is 5. The van der Waals surface area contributed by atoms with Crippen LogP contribution in [-0.2, 0) is 4.79 Å². The highest BCUT2D eigenvalue weighted by Gasteiger charge is 2.14. The third kappa shape index (κ3) is 3.75. The zero-order valence-corrected chi connectivity index (χ0v) is 13.7. The molecule has 1 heterocycles. The first-order valence-electron chi connectivity index (χ1n) is 7.17. The van der Waals surface area contributed by atoms with Crippen LogP contribution in [0.15, 0.2) is 54.6 Å². The standard InChI is InChI=1S/C17H14FN3O2S/c1-21(14-8-3-2-4-9-14)15(22)11-23-17-20-19-16(24-17)12-6-5-7-13(18)10-12/h2-10H,11H2,1H3. The van der Waals surface area contributed by atoms with Gasteiger partial charge in [0.1, 0.15) is 5.82 Å². The number of anilines is 1. The fraction of sp³-hybridized carbons (Fsp3) is 0.118. The summed E-state index contributed by atoms with van der Waals surface area (Å²) in [6.45, 7) is -0.150. The van der Waals surface area contributed by atoms with Gasteiger partial charge in [-0.2, -0.15) is 0 Å². The van der Waals surface area contributed by atoms with E-state index in [-0.39, 0.29) is 23.5 Å². The van der Waals surface area contributed by atoms with Gasteiger partial charge in [0.2, 0.25) is 0 Å². The molecule has 0 saturated carbocycles. The second-order valence-electron chi connectivity index (χ2n) is 4.96. The van der Waals surface area contributed by atoms with Gasteiger partial charge in [-0.25, -0.2) is 4.39 Å². The van der Waals surface area contributed by atoms with Gasteiger partial charge in [-0.3, -0.25) is 4.79 Å². The Morgan fingerprint density at radius 3 is 2.71 bits per heavy atom. The predicted octanol–water partition coefficient (Wildman–Crippen LogP) is 3.39. The molecule has 122 valence electrons. The number of nitrogens with zero attached hydrogens (tertiary/aromatic N) is 3. The van der Waals surface area contributed by atoms with Crippen LogP contribution in [0.4, 0.5) is 10.1 Å². The van der Waals surface area contributed by atoms with Crippen molar-refractivity contribution in [3.05, 3.63) is 60.4 Å². The summed E-state index contributed by atoms with van der Waals surface area (Å²) in [4.78, 5) is 13.7. The van der Waals surface area contributed by atoms with Crippen molar-refractivity contribution in [2.24, 2.45) is 0 Å². The summed E-state index contributed by atoms with van der Waals surface area (Å²) in [6, 6.07) is 15.3. The first kappa shape index (κ1) is 16.1. The number of amides is 1. The number of hydrogen-bond donors (Lipinski definition) is 0. The third-order valence-corrected chi connectivity index (χ3v) is 4.20. The zero-order chi connectivity index (χ0) is 16.9. The fourth-order valence-electron chi connectivity index (χ4n) is 2.02. The van der Waals surface area contributed by atoms with E-state index in [1.807, 2.05) is 30.3 Å². The molecule has 0 aliphatic carbocycles. The Bertz CT molecular complexity index is 839. The van der Waals surface area contributed by atoms with Gasteiger partial charge in [-0.1, -0.05) is 46.8 Å². The van der Waals surface area contributed by atoms with Crippen LogP contribution in [0.1, 0.15) is 0 Å². The molecule has 24 heavy (non-hydrogen) atoms. The monoisotopic (exact) mass is 343 g/mol. The Balaban J connectivity index is 1.62. The van der Waals surface area contributed by atoms with Crippen molar-refractivity contribution >= 4 is 22.9 Å². The maximum Gasteiger partial charge on any atom is 0.294 e. The van der Waals surface area contributed by atoms with E-state index >= 15 is 0 Å². The molecule has 7 heteroatoms. The Kier molecular flexibility index (Phi) is 4.81. The van der Waals surface area contributed by atoms with Crippen molar-refractivity contribution in [1.29, 1.82) is 0 Å². The first-order valence-corrected chi connectivity index (χ1v) is 7.99. The average Bonchev–Trinajstić information content (AvgIpc) is 3.09. The molecular formula is C17H14FN3O2S. The van der Waals surface area contributed by atoms with Crippen LogP contribution in [0.25, 0.3) is 10.6 Å². The molecule has 0 unspecified atom stereocenters. The van der Waals surface area contributed by atoms with E-state index in [4.69, 9.17) is 4.74 Å². The minimum absolute atomic E-state index is 0.150. The van der Waals surface area contributed by atoms with Gasteiger partial charge >= 0.3 is 0 Å². The molecule has 0 N–H and O–H groups in total. The van der Waals surface area contributed by atoms with Gasteiger partial charge in [-0.15, -0.1) is 5.10 Å². The number of halogens is 1. The van der Waals surface area contributed by atoms with E-state index in [1.165, 1.54) is 17.0 Å². The molecule has 0 fully saturated rings. The van der Waals surface area contributed by atoms with Crippen LogP contribution >= 0.6 is 11.3 Å². The topological polar surface area (TPSA) is 55.3 Å². The minimum Gasteiger partial charge on any atom is -0.459 e. The summed E-state index contributed by atoms with van der Waals surface area (Å²) in [5, 5.41) is 8.64. The summed E-state index contributed by atoms with van der Waals surface area (Å²) in [7, 11) is 1.68. The van der Waals surface area contributed by atoms with Crippen LogP contribution in [0.2, 0.25) is 0 Å². The highest BCUT2D eigenvalue weighted by Crippen LogP contribution is 2.28. The SMILES string of the molecule is CN(C(=O)COc1nnc(-c2cccc(F)c2)s1)c1ccccc1. The number of carbonyl (C=O) groups is 1. The smallest absolute Gasteiger partial charge is 0.294 e. The summed E-state index contributed by atoms with van der Waals surface area (Å²) < 4.78 is 18.6. The fourth-order valence-corrected chi connectivity index (χ4v) is 2.71. The molecule has 3 aromatic rings. The van der Waals surface area contributed by atoms with Crippen LogP contribution in [-0.4, -0.2) is 29.8 Å². The zero-order valence-electron chi connectivity index (χ0n) is 12.8. The van der Waals surface area contributed by atoms with E-state index in [9.17, 15) is 9.18 Å². The molecule has 5 nitrogen and oxygen atoms in total. The molecule has 0 aliphatic heterocycles. The lowest BCUT2D eigenvalue weighted by Crippen LogP contribution is -2.31. The molecule has 0 saturated heterocycles. The number of aromatic nitrogens is 2. The first-order chi connectivity index (χ1) is 11.6. The molecule has 1 amide bonds. The number of para-hydroxylation sites is 1. The van der Waals surface area contributed by atoms with Crippen molar-refractivity contribution in [3.63, 3.8) is 0 Å². The maximum atomic E-state index is 13.2. The summed E-state index contributed by atoms with van der Waals surface area (Å²) in [6.07, 6.45) is 0.